The molecule has 0 aliphatic rings. The number of aryl methyl sites for hydroxylation is 1. The number of rotatable bonds is 3. The van der Waals surface area contributed by atoms with Crippen molar-refractivity contribution in [2.24, 2.45) is 5.73 Å². The molecule has 3 heteroatoms. The third-order valence-corrected chi connectivity index (χ3v) is 3.26. The first kappa shape index (κ1) is 13.7. The molecule has 1 unspecified atom stereocenters. The number of carbonyl (C=O) groups excluding carboxylic acids is 1. The summed E-state index contributed by atoms with van der Waals surface area (Å²) in [5.74, 6) is 0.0614. The van der Waals surface area contributed by atoms with Crippen molar-refractivity contribution < 1.29 is 4.79 Å². The normalized spacial score (nSPS) is 12.4. The van der Waals surface area contributed by atoms with Gasteiger partial charge < -0.3 is 10.6 Å². The summed E-state index contributed by atoms with van der Waals surface area (Å²) in [6.07, 6.45) is 0.378. The van der Waals surface area contributed by atoms with Crippen LogP contribution in [0.4, 0.5) is 5.69 Å². The van der Waals surface area contributed by atoms with E-state index in [4.69, 9.17) is 5.73 Å². The zero-order chi connectivity index (χ0) is 13.2. The van der Waals surface area contributed by atoms with Crippen molar-refractivity contribution in [3.8, 4) is 0 Å². The van der Waals surface area contributed by atoms with Crippen LogP contribution in [0.5, 0.6) is 0 Å². The van der Waals surface area contributed by atoms with Gasteiger partial charge in [0.25, 0.3) is 0 Å². The van der Waals surface area contributed by atoms with Crippen LogP contribution >= 0.6 is 0 Å². The standard InChI is InChI=1S/C14H22N2O/c1-9-6-7-13(12(4)11(9)3)16(5)14(17)8-10(2)15/h6-7,10H,8,15H2,1-5H3. The third-order valence-electron chi connectivity index (χ3n) is 3.26. The zero-order valence-electron chi connectivity index (χ0n) is 11.4. The first-order valence-corrected chi connectivity index (χ1v) is 5.93. The van der Waals surface area contributed by atoms with Gasteiger partial charge in [0, 0.05) is 25.2 Å². The highest BCUT2D eigenvalue weighted by molar-refractivity contribution is 5.94. The van der Waals surface area contributed by atoms with Crippen LogP contribution < -0.4 is 10.6 Å². The highest BCUT2D eigenvalue weighted by Gasteiger charge is 2.15. The summed E-state index contributed by atoms with van der Waals surface area (Å²) in [5, 5.41) is 0. The highest BCUT2D eigenvalue weighted by atomic mass is 16.2. The van der Waals surface area contributed by atoms with E-state index in [0.717, 1.165) is 11.3 Å². The number of carbonyl (C=O) groups is 1. The van der Waals surface area contributed by atoms with E-state index in [0.29, 0.717) is 6.42 Å². The predicted octanol–water partition coefficient (Wildman–Crippen LogP) is 2.31. The van der Waals surface area contributed by atoms with E-state index in [2.05, 4.69) is 13.8 Å². The molecule has 0 heterocycles. The maximum absolute atomic E-state index is 11.9. The second-order valence-corrected chi connectivity index (χ2v) is 4.79. The monoisotopic (exact) mass is 234 g/mol. The van der Waals surface area contributed by atoms with Gasteiger partial charge in [-0.2, -0.15) is 0 Å². The van der Waals surface area contributed by atoms with Crippen LogP contribution in [0.2, 0.25) is 0 Å². The Morgan fingerprint density at radius 2 is 1.88 bits per heavy atom. The highest BCUT2D eigenvalue weighted by Crippen LogP contribution is 2.24. The molecule has 3 nitrogen and oxygen atoms in total. The Hall–Kier alpha value is -1.35. The number of hydrogen-bond acceptors (Lipinski definition) is 2. The van der Waals surface area contributed by atoms with Crippen LogP contribution in [0.15, 0.2) is 12.1 Å². The van der Waals surface area contributed by atoms with Crippen molar-refractivity contribution in [3.63, 3.8) is 0 Å². The predicted molar refractivity (Wildman–Crippen MR) is 72.3 cm³/mol. The molecule has 0 aliphatic heterocycles. The van der Waals surface area contributed by atoms with Gasteiger partial charge in [0.1, 0.15) is 0 Å². The number of benzene rings is 1. The quantitative estimate of drug-likeness (QED) is 0.872. The van der Waals surface area contributed by atoms with Gasteiger partial charge in [-0.3, -0.25) is 4.79 Å². The molecule has 1 aromatic carbocycles. The molecule has 0 spiro atoms. The average molecular weight is 234 g/mol. The van der Waals surface area contributed by atoms with Crippen LogP contribution in [0, 0.1) is 20.8 Å². The van der Waals surface area contributed by atoms with Gasteiger partial charge in [0.15, 0.2) is 0 Å². The van der Waals surface area contributed by atoms with E-state index in [-0.39, 0.29) is 11.9 Å². The Labute approximate surface area is 104 Å². The average Bonchev–Trinajstić information content (AvgIpc) is 2.24. The van der Waals surface area contributed by atoms with Gasteiger partial charge in [-0.1, -0.05) is 6.07 Å². The number of anilines is 1. The molecule has 17 heavy (non-hydrogen) atoms. The third kappa shape index (κ3) is 3.07. The molecule has 0 fully saturated rings. The molecule has 1 amide bonds. The molecule has 0 saturated carbocycles. The summed E-state index contributed by atoms with van der Waals surface area (Å²) in [6, 6.07) is 3.95. The Balaban J connectivity index is 3.01. The van der Waals surface area contributed by atoms with E-state index in [1.165, 1.54) is 11.1 Å². The van der Waals surface area contributed by atoms with Crippen molar-refractivity contribution >= 4 is 11.6 Å². The molecule has 0 saturated heterocycles. The molecule has 0 aliphatic carbocycles. The molecule has 94 valence electrons. The molecule has 1 aromatic rings. The lowest BCUT2D eigenvalue weighted by atomic mass is 10.0. The van der Waals surface area contributed by atoms with Gasteiger partial charge in [-0.05, 0) is 50.5 Å². The fourth-order valence-electron chi connectivity index (χ4n) is 1.85. The second kappa shape index (κ2) is 5.32. The van der Waals surface area contributed by atoms with Gasteiger partial charge in [-0.25, -0.2) is 0 Å². The van der Waals surface area contributed by atoms with Crippen LogP contribution in [0.1, 0.15) is 30.0 Å². The van der Waals surface area contributed by atoms with Gasteiger partial charge in [0.2, 0.25) is 5.91 Å². The minimum Gasteiger partial charge on any atom is -0.327 e. The molecular weight excluding hydrogens is 212 g/mol. The lowest BCUT2D eigenvalue weighted by Crippen LogP contribution is -2.32. The summed E-state index contributed by atoms with van der Waals surface area (Å²) in [4.78, 5) is 13.6. The first-order chi connectivity index (χ1) is 7.84. The topological polar surface area (TPSA) is 46.3 Å². The SMILES string of the molecule is Cc1ccc(N(C)C(=O)CC(C)N)c(C)c1C. The van der Waals surface area contributed by atoms with E-state index < -0.39 is 0 Å². The van der Waals surface area contributed by atoms with Crippen LogP contribution in [0.3, 0.4) is 0 Å². The van der Waals surface area contributed by atoms with E-state index in [9.17, 15) is 4.79 Å². The Morgan fingerprint density at radius 1 is 1.29 bits per heavy atom. The van der Waals surface area contributed by atoms with Crippen LogP contribution in [-0.4, -0.2) is 19.0 Å². The number of nitrogens with zero attached hydrogens (tertiary/aromatic N) is 1. The maximum Gasteiger partial charge on any atom is 0.228 e. The number of amides is 1. The van der Waals surface area contributed by atoms with Crippen molar-refractivity contribution in [2.75, 3.05) is 11.9 Å². The summed E-state index contributed by atoms with van der Waals surface area (Å²) >= 11 is 0. The number of hydrogen-bond donors (Lipinski definition) is 1. The fraction of sp³-hybridized carbons (Fsp3) is 0.500. The van der Waals surface area contributed by atoms with E-state index in [1.54, 1.807) is 4.90 Å². The lowest BCUT2D eigenvalue weighted by molar-refractivity contribution is -0.118. The van der Waals surface area contributed by atoms with Crippen molar-refractivity contribution in [1.82, 2.24) is 0 Å². The Kier molecular flexibility index (Phi) is 4.29. The summed E-state index contributed by atoms with van der Waals surface area (Å²) < 4.78 is 0. The molecule has 1 atom stereocenters. The second-order valence-electron chi connectivity index (χ2n) is 4.79. The Morgan fingerprint density at radius 3 is 2.41 bits per heavy atom. The molecule has 0 aromatic heterocycles. The van der Waals surface area contributed by atoms with Crippen molar-refractivity contribution in [2.45, 2.75) is 40.2 Å². The first-order valence-electron chi connectivity index (χ1n) is 5.93. The smallest absolute Gasteiger partial charge is 0.228 e. The molecule has 0 radical (unpaired) electrons. The molecule has 0 bridgehead atoms. The fourth-order valence-corrected chi connectivity index (χ4v) is 1.85. The Bertz CT molecular complexity index is 424. The zero-order valence-corrected chi connectivity index (χ0v) is 11.4. The minimum atomic E-state index is -0.100. The van der Waals surface area contributed by atoms with E-state index in [1.807, 2.05) is 33.0 Å². The summed E-state index contributed by atoms with van der Waals surface area (Å²) in [5.41, 5.74) is 10.3. The molecular formula is C14H22N2O. The van der Waals surface area contributed by atoms with Crippen molar-refractivity contribution in [3.05, 3.63) is 28.8 Å². The van der Waals surface area contributed by atoms with Crippen molar-refractivity contribution in [1.29, 1.82) is 0 Å². The van der Waals surface area contributed by atoms with Crippen LogP contribution in [-0.2, 0) is 4.79 Å². The van der Waals surface area contributed by atoms with Gasteiger partial charge in [0.05, 0.1) is 0 Å². The van der Waals surface area contributed by atoms with Crippen LogP contribution in [0.25, 0.3) is 0 Å². The van der Waals surface area contributed by atoms with Gasteiger partial charge in [-0.15, -0.1) is 0 Å². The van der Waals surface area contributed by atoms with E-state index >= 15 is 0 Å². The number of nitrogens with two attached hydrogens (primary N) is 1. The summed E-state index contributed by atoms with van der Waals surface area (Å²) in [7, 11) is 1.81. The maximum atomic E-state index is 11.9. The minimum absolute atomic E-state index is 0.0614. The van der Waals surface area contributed by atoms with Gasteiger partial charge >= 0.3 is 0 Å². The lowest BCUT2D eigenvalue weighted by Gasteiger charge is -2.22. The largest absolute Gasteiger partial charge is 0.327 e. The molecule has 2 N–H and O–H groups in total. The summed E-state index contributed by atoms with van der Waals surface area (Å²) in [6.45, 7) is 8.06. The molecule has 1 rings (SSSR count).